The third kappa shape index (κ3) is 3.10. The highest BCUT2D eigenvalue weighted by Crippen LogP contribution is 2.28. The van der Waals surface area contributed by atoms with Gasteiger partial charge in [-0.25, -0.2) is 31.5 Å². The van der Waals surface area contributed by atoms with Gasteiger partial charge in [0.2, 0.25) is 0 Å². The van der Waals surface area contributed by atoms with Gasteiger partial charge in [-0.2, -0.15) is 0 Å². The van der Waals surface area contributed by atoms with Gasteiger partial charge in [-0.05, 0) is 31.2 Å². The van der Waals surface area contributed by atoms with E-state index in [9.17, 15) is 22.0 Å². The Balaban J connectivity index is 2.26. The summed E-state index contributed by atoms with van der Waals surface area (Å²) < 4.78 is 57.3. The zero-order chi connectivity index (χ0) is 18.4. The summed E-state index contributed by atoms with van der Waals surface area (Å²) in [4.78, 5) is 15.4. The van der Waals surface area contributed by atoms with Crippen molar-refractivity contribution in [2.24, 2.45) is 0 Å². The number of hydrogen-bond donors (Lipinski definition) is 0. The molecule has 0 atom stereocenters. The Hall–Kier alpha value is -2.81. The van der Waals surface area contributed by atoms with Gasteiger partial charge >= 0.3 is 5.76 Å². The summed E-state index contributed by atoms with van der Waals surface area (Å²) in [6.45, 7) is 1.70. The van der Waals surface area contributed by atoms with Gasteiger partial charge in [0.25, 0.3) is 0 Å². The number of pyridine rings is 1. The summed E-state index contributed by atoms with van der Waals surface area (Å²) in [5.74, 6) is -2.80. The number of nitrogens with zero attached hydrogens (tertiary/aromatic N) is 2. The molecule has 0 aliphatic heterocycles. The monoisotopic (exact) mass is 366 g/mol. The summed E-state index contributed by atoms with van der Waals surface area (Å²) in [6, 6.07) is 6.14. The largest absolute Gasteiger partial charge is 0.425 e. The topological polar surface area (TPSA) is 82.2 Å². The number of halogens is 2. The standard InChI is InChI=1S/C16H12F2N2O4S/c1-9-4-3-5-15(19-9)20-13(8-24-16(20)21)10-6-12(18)14(7-11(10)17)25(2,22)23/h3-8H,1-2H3. The molecule has 0 bridgehead atoms. The highest BCUT2D eigenvalue weighted by atomic mass is 32.2. The maximum atomic E-state index is 14.4. The first-order valence-corrected chi connectivity index (χ1v) is 8.91. The number of aromatic nitrogens is 2. The first kappa shape index (κ1) is 17.0. The van der Waals surface area contributed by atoms with Crippen molar-refractivity contribution < 1.29 is 21.6 Å². The quantitative estimate of drug-likeness (QED) is 0.711. The minimum atomic E-state index is -3.94. The average molecular weight is 366 g/mol. The highest BCUT2D eigenvalue weighted by Gasteiger charge is 2.22. The predicted octanol–water partition coefficient (Wildman–Crippen LogP) is 2.48. The molecule has 9 heteroatoms. The van der Waals surface area contributed by atoms with Gasteiger partial charge in [0, 0.05) is 17.5 Å². The van der Waals surface area contributed by atoms with Gasteiger partial charge in [-0.15, -0.1) is 0 Å². The first-order chi connectivity index (χ1) is 11.7. The molecule has 0 aliphatic carbocycles. The van der Waals surface area contributed by atoms with Crippen LogP contribution >= 0.6 is 0 Å². The van der Waals surface area contributed by atoms with Gasteiger partial charge in [0.15, 0.2) is 9.84 Å². The second-order valence-electron chi connectivity index (χ2n) is 5.39. The van der Waals surface area contributed by atoms with Crippen molar-refractivity contribution in [3.05, 3.63) is 64.5 Å². The molecule has 0 saturated heterocycles. The summed E-state index contributed by atoms with van der Waals surface area (Å²) in [7, 11) is -3.94. The Labute approximate surface area is 141 Å². The van der Waals surface area contributed by atoms with E-state index in [1.807, 2.05) is 0 Å². The van der Waals surface area contributed by atoms with Crippen molar-refractivity contribution >= 4 is 9.84 Å². The van der Waals surface area contributed by atoms with Crippen LogP contribution in [0.1, 0.15) is 5.69 Å². The van der Waals surface area contributed by atoms with E-state index in [4.69, 9.17) is 4.42 Å². The molecule has 25 heavy (non-hydrogen) atoms. The maximum absolute atomic E-state index is 14.4. The molecular formula is C16H12F2N2O4S. The van der Waals surface area contributed by atoms with E-state index in [0.717, 1.165) is 17.1 Å². The van der Waals surface area contributed by atoms with E-state index in [2.05, 4.69) is 4.98 Å². The Morgan fingerprint density at radius 2 is 1.88 bits per heavy atom. The predicted molar refractivity (Wildman–Crippen MR) is 85.3 cm³/mol. The fourth-order valence-electron chi connectivity index (χ4n) is 2.37. The molecule has 0 aliphatic rings. The van der Waals surface area contributed by atoms with Crippen LogP contribution in [0.2, 0.25) is 0 Å². The van der Waals surface area contributed by atoms with Gasteiger partial charge in [0.05, 0.1) is 5.69 Å². The maximum Gasteiger partial charge on any atom is 0.425 e. The van der Waals surface area contributed by atoms with Crippen LogP contribution in [0.25, 0.3) is 17.1 Å². The molecule has 0 spiro atoms. The molecule has 1 aromatic carbocycles. The molecule has 6 nitrogen and oxygen atoms in total. The second kappa shape index (κ2) is 5.92. The van der Waals surface area contributed by atoms with Crippen LogP contribution in [-0.4, -0.2) is 24.2 Å². The lowest BCUT2D eigenvalue weighted by Gasteiger charge is -2.09. The van der Waals surface area contributed by atoms with E-state index < -0.39 is 32.1 Å². The molecule has 0 fully saturated rings. The van der Waals surface area contributed by atoms with Gasteiger partial charge < -0.3 is 4.42 Å². The first-order valence-electron chi connectivity index (χ1n) is 7.02. The normalized spacial score (nSPS) is 11.7. The third-order valence-corrected chi connectivity index (χ3v) is 4.61. The summed E-state index contributed by atoms with van der Waals surface area (Å²) in [5, 5.41) is 0. The van der Waals surface area contributed by atoms with E-state index in [-0.39, 0.29) is 17.1 Å². The van der Waals surface area contributed by atoms with Crippen LogP contribution < -0.4 is 5.76 Å². The van der Waals surface area contributed by atoms with Crippen LogP contribution in [0.5, 0.6) is 0 Å². The fraction of sp³-hybridized carbons (Fsp3) is 0.125. The van der Waals surface area contributed by atoms with Crippen molar-refractivity contribution in [2.45, 2.75) is 11.8 Å². The molecule has 0 amide bonds. The van der Waals surface area contributed by atoms with E-state index in [1.165, 1.54) is 6.07 Å². The molecule has 2 aromatic heterocycles. The Morgan fingerprint density at radius 3 is 2.52 bits per heavy atom. The summed E-state index contributed by atoms with van der Waals surface area (Å²) in [5.41, 5.74) is 0.203. The molecule has 0 N–H and O–H groups in total. The van der Waals surface area contributed by atoms with Crippen molar-refractivity contribution in [3.63, 3.8) is 0 Å². The third-order valence-electron chi connectivity index (χ3n) is 3.49. The molecule has 130 valence electrons. The fourth-order valence-corrected chi connectivity index (χ4v) is 3.10. The molecule has 3 aromatic rings. The number of sulfone groups is 1. The SMILES string of the molecule is Cc1cccc(-n2c(-c3cc(F)c(S(C)(=O)=O)cc3F)coc2=O)n1. The van der Waals surface area contributed by atoms with E-state index >= 15 is 0 Å². The van der Waals surface area contributed by atoms with E-state index in [0.29, 0.717) is 17.8 Å². The van der Waals surface area contributed by atoms with Gasteiger partial charge in [-0.1, -0.05) is 6.07 Å². The Kier molecular flexibility index (Phi) is 4.03. The summed E-state index contributed by atoms with van der Waals surface area (Å²) in [6.07, 6.45) is 1.74. The van der Waals surface area contributed by atoms with E-state index in [1.54, 1.807) is 19.1 Å². The molecular weight excluding hydrogens is 354 g/mol. The zero-order valence-corrected chi connectivity index (χ0v) is 14.0. The second-order valence-corrected chi connectivity index (χ2v) is 7.38. The molecule has 2 heterocycles. The molecule has 0 radical (unpaired) electrons. The van der Waals surface area contributed by atoms with Crippen molar-refractivity contribution in [1.29, 1.82) is 0 Å². The lowest BCUT2D eigenvalue weighted by atomic mass is 10.1. The minimum absolute atomic E-state index is 0.0837. The molecule has 0 unspecified atom stereocenters. The number of rotatable bonds is 3. The number of oxazole rings is 1. The number of hydrogen-bond acceptors (Lipinski definition) is 5. The van der Waals surface area contributed by atoms with Gasteiger partial charge in [-0.3, -0.25) is 0 Å². The Bertz CT molecular complexity index is 1130. The lowest BCUT2D eigenvalue weighted by Crippen LogP contribution is -2.15. The van der Waals surface area contributed by atoms with Crippen molar-refractivity contribution in [2.75, 3.05) is 6.26 Å². The number of benzene rings is 1. The average Bonchev–Trinajstić information content (AvgIpc) is 2.89. The lowest BCUT2D eigenvalue weighted by molar-refractivity contribution is 0.503. The van der Waals surface area contributed by atoms with Crippen LogP contribution in [0.4, 0.5) is 8.78 Å². The van der Waals surface area contributed by atoms with Crippen LogP contribution in [-0.2, 0) is 9.84 Å². The van der Waals surface area contributed by atoms with Crippen LogP contribution in [0.3, 0.4) is 0 Å². The number of aryl methyl sites for hydroxylation is 1. The molecule has 0 saturated carbocycles. The minimum Gasteiger partial charge on any atom is -0.415 e. The Morgan fingerprint density at radius 1 is 1.16 bits per heavy atom. The summed E-state index contributed by atoms with van der Waals surface area (Å²) >= 11 is 0. The van der Waals surface area contributed by atoms with Crippen molar-refractivity contribution in [3.8, 4) is 17.1 Å². The van der Waals surface area contributed by atoms with Gasteiger partial charge in [0.1, 0.15) is 28.6 Å². The van der Waals surface area contributed by atoms with Crippen molar-refractivity contribution in [1.82, 2.24) is 9.55 Å². The smallest absolute Gasteiger partial charge is 0.415 e. The molecule has 3 rings (SSSR count). The van der Waals surface area contributed by atoms with Crippen LogP contribution in [0, 0.1) is 18.6 Å². The zero-order valence-electron chi connectivity index (χ0n) is 13.2. The highest BCUT2D eigenvalue weighted by molar-refractivity contribution is 7.90. The van der Waals surface area contributed by atoms with Crippen LogP contribution in [0.15, 0.2) is 50.7 Å².